The monoisotopic (exact) mass is 600 g/mol. The van der Waals surface area contributed by atoms with E-state index in [1.54, 1.807) is 43.9 Å². The normalized spacial score (nSPS) is 14.5. The summed E-state index contributed by atoms with van der Waals surface area (Å²) in [6.45, 7) is 4.30. The first-order chi connectivity index (χ1) is 20.9. The molecule has 3 aromatic carbocycles. The molecule has 43 heavy (non-hydrogen) atoms. The maximum Gasteiger partial charge on any atom is 0.338 e. The van der Waals surface area contributed by atoms with E-state index in [0.717, 1.165) is 11.1 Å². The highest BCUT2D eigenvalue weighted by Gasteiger charge is 2.35. The lowest BCUT2D eigenvalue weighted by molar-refractivity contribution is -0.138. The van der Waals surface area contributed by atoms with Gasteiger partial charge in [-0.25, -0.2) is 9.79 Å². The number of esters is 1. The Bertz CT molecular complexity index is 1860. The van der Waals surface area contributed by atoms with Crippen LogP contribution in [0.1, 0.15) is 36.6 Å². The van der Waals surface area contributed by atoms with Gasteiger partial charge in [0.15, 0.2) is 27.8 Å². The predicted octanol–water partition coefficient (Wildman–Crippen LogP) is 4.36. The van der Waals surface area contributed by atoms with Crippen molar-refractivity contribution in [1.82, 2.24) is 4.57 Å². The van der Waals surface area contributed by atoms with E-state index in [4.69, 9.17) is 28.7 Å². The number of methoxy groups -OCH3 is 3. The molecule has 5 rings (SSSR count). The number of carbonyl (C=O) groups excluding carboxylic acids is 1. The Morgan fingerprint density at radius 2 is 1.58 bits per heavy atom. The zero-order valence-corrected chi connectivity index (χ0v) is 25.4. The topological polar surface area (TPSA) is 97.6 Å². The highest BCUT2D eigenvalue weighted by atomic mass is 32.1. The first kappa shape index (κ1) is 29.7. The Morgan fingerprint density at radius 3 is 2.26 bits per heavy atom. The minimum Gasteiger partial charge on any atom is -0.493 e. The minimum atomic E-state index is -0.845. The maximum absolute atomic E-state index is 14.2. The largest absolute Gasteiger partial charge is 0.493 e. The quantitative estimate of drug-likeness (QED) is 0.250. The molecule has 1 aliphatic heterocycles. The van der Waals surface area contributed by atoms with Crippen molar-refractivity contribution in [2.75, 3.05) is 34.5 Å². The highest BCUT2D eigenvalue weighted by Crippen LogP contribution is 2.38. The molecule has 0 fully saturated rings. The van der Waals surface area contributed by atoms with Crippen LogP contribution in [0, 0.1) is 0 Å². The fourth-order valence-corrected chi connectivity index (χ4v) is 5.98. The molecule has 1 aliphatic rings. The fourth-order valence-electron chi connectivity index (χ4n) is 4.98. The van der Waals surface area contributed by atoms with Gasteiger partial charge >= 0.3 is 5.97 Å². The maximum atomic E-state index is 14.2. The fraction of sp³-hybridized carbons (Fsp3) is 0.242. The van der Waals surface area contributed by atoms with E-state index in [0.29, 0.717) is 50.2 Å². The molecule has 0 radical (unpaired) electrons. The summed E-state index contributed by atoms with van der Waals surface area (Å²) >= 11 is 1.24. The molecular formula is C33H32N2O7S. The lowest BCUT2D eigenvalue weighted by Crippen LogP contribution is -2.40. The van der Waals surface area contributed by atoms with Crippen LogP contribution in [-0.4, -0.2) is 45.1 Å². The van der Waals surface area contributed by atoms with Crippen LogP contribution in [0.4, 0.5) is 0 Å². The summed E-state index contributed by atoms with van der Waals surface area (Å²) in [5.74, 6) is 1.60. The Balaban J connectivity index is 1.80. The highest BCUT2D eigenvalue weighted by molar-refractivity contribution is 7.07. The van der Waals surface area contributed by atoms with Crippen LogP contribution < -0.4 is 33.8 Å². The van der Waals surface area contributed by atoms with E-state index < -0.39 is 12.0 Å². The van der Waals surface area contributed by atoms with Crippen molar-refractivity contribution in [1.29, 1.82) is 0 Å². The van der Waals surface area contributed by atoms with E-state index in [2.05, 4.69) is 0 Å². The van der Waals surface area contributed by atoms with E-state index in [1.807, 2.05) is 61.5 Å². The average Bonchev–Trinajstić information content (AvgIpc) is 3.35. The molecule has 0 spiro atoms. The van der Waals surface area contributed by atoms with Crippen molar-refractivity contribution >= 4 is 29.1 Å². The van der Waals surface area contributed by atoms with Crippen LogP contribution >= 0.6 is 11.3 Å². The number of ether oxygens (including phenoxy) is 5. The summed E-state index contributed by atoms with van der Waals surface area (Å²) in [6.07, 6.45) is 1.78. The second-order valence-electron chi connectivity index (χ2n) is 9.39. The molecule has 0 saturated carbocycles. The van der Waals surface area contributed by atoms with Crippen molar-refractivity contribution in [2.45, 2.75) is 19.9 Å². The van der Waals surface area contributed by atoms with Gasteiger partial charge in [0.1, 0.15) is 0 Å². The van der Waals surface area contributed by atoms with Crippen LogP contribution in [0.25, 0.3) is 11.8 Å². The zero-order valence-electron chi connectivity index (χ0n) is 24.6. The summed E-state index contributed by atoms with van der Waals surface area (Å²) in [6, 6.07) is 19.4. The van der Waals surface area contributed by atoms with E-state index in [1.165, 1.54) is 18.4 Å². The van der Waals surface area contributed by atoms with E-state index >= 15 is 0 Å². The Labute approximate surface area is 252 Å². The van der Waals surface area contributed by atoms with Crippen molar-refractivity contribution in [2.24, 2.45) is 4.99 Å². The number of fused-ring (bicyclic) bond motifs is 1. The number of hydrogen-bond acceptors (Lipinski definition) is 9. The summed E-state index contributed by atoms with van der Waals surface area (Å²) in [5, 5.41) is 0. The second kappa shape index (κ2) is 13.0. The first-order valence-electron chi connectivity index (χ1n) is 13.7. The van der Waals surface area contributed by atoms with Gasteiger partial charge in [-0.1, -0.05) is 53.8 Å². The zero-order chi connectivity index (χ0) is 30.5. The van der Waals surface area contributed by atoms with Crippen molar-refractivity contribution < 1.29 is 28.5 Å². The van der Waals surface area contributed by atoms with Crippen LogP contribution in [-0.2, 0) is 9.53 Å². The standard InChI is InChI=1S/C33H32N2O7S/c1-6-41-24-15-13-20(17-25(24)39-4)18-27-31(36)35-30(22-14-16-23(38-3)26(19-22)40-5)28(32(37)42-7-2)29(34-33(35)43-27)21-11-9-8-10-12-21/h8-19,30H,6-7H2,1-5H3/b27-18-/t30-/m1/s1. The second-order valence-corrected chi connectivity index (χ2v) is 10.4. The summed E-state index contributed by atoms with van der Waals surface area (Å²) in [5.41, 5.74) is 2.51. The molecule has 0 amide bonds. The van der Waals surface area contributed by atoms with Crippen LogP contribution in [0.5, 0.6) is 23.0 Å². The molecule has 0 aliphatic carbocycles. The molecule has 1 aromatic heterocycles. The number of nitrogens with zero attached hydrogens (tertiary/aromatic N) is 2. The van der Waals surface area contributed by atoms with Gasteiger partial charge in [0.25, 0.3) is 5.56 Å². The molecular weight excluding hydrogens is 568 g/mol. The molecule has 0 saturated heterocycles. The summed E-state index contributed by atoms with van der Waals surface area (Å²) in [7, 11) is 4.66. The van der Waals surface area contributed by atoms with Gasteiger partial charge in [-0.05, 0) is 55.3 Å². The SMILES string of the molecule is CCOC(=O)C1=C(c2ccccc2)N=c2s/c(=C\c3ccc(OCC)c(OC)c3)c(=O)n2[C@@H]1c1ccc(OC)c(OC)c1. The minimum absolute atomic E-state index is 0.160. The number of rotatable bonds is 10. The molecule has 10 heteroatoms. The number of thiazole rings is 1. The third-order valence-corrected chi connectivity index (χ3v) is 7.87. The third-order valence-electron chi connectivity index (χ3n) is 6.88. The molecule has 222 valence electrons. The predicted molar refractivity (Wildman–Crippen MR) is 165 cm³/mol. The molecule has 0 bridgehead atoms. The van der Waals surface area contributed by atoms with E-state index in [-0.39, 0.29) is 17.7 Å². The van der Waals surface area contributed by atoms with E-state index in [9.17, 15) is 9.59 Å². The van der Waals surface area contributed by atoms with Crippen molar-refractivity contribution in [3.63, 3.8) is 0 Å². The van der Waals surface area contributed by atoms with Crippen LogP contribution in [0.2, 0.25) is 0 Å². The van der Waals surface area contributed by atoms with Crippen LogP contribution in [0.3, 0.4) is 0 Å². The van der Waals surface area contributed by atoms with Gasteiger partial charge in [0, 0.05) is 5.56 Å². The third kappa shape index (κ3) is 5.78. The average molecular weight is 601 g/mol. The Kier molecular flexibility index (Phi) is 8.96. The lowest BCUT2D eigenvalue weighted by atomic mass is 9.93. The Morgan fingerprint density at radius 1 is 0.884 bits per heavy atom. The number of benzene rings is 3. The molecule has 9 nitrogen and oxygen atoms in total. The molecule has 1 atom stereocenters. The van der Waals surface area contributed by atoms with Crippen LogP contribution in [0.15, 0.2) is 82.1 Å². The van der Waals surface area contributed by atoms with Gasteiger partial charge in [-0.2, -0.15) is 0 Å². The molecule has 4 aromatic rings. The summed E-state index contributed by atoms with van der Waals surface area (Å²) in [4.78, 5) is 33.2. The van der Waals surface area contributed by atoms with Crippen molar-refractivity contribution in [3.8, 4) is 23.0 Å². The number of carbonyl (C=O) groups is 1. The molecule has 2 heterocycles. The van der Waals surface area contributed by atoms with Gasteiger partial charge < -0.3 is 23.7 Å². The van der Waals surface area contributed by atoms with Gasteiger partial charge in [-0.3, -0.25) is 9.36 Å². The number of hydrogen-bond donors (Lipinski definition) is 0. The molecule has 0 unspecified atom stereocenters. The van der Waals surface area contributed by atoms with Gasteiger partial charge in [-0.15, -0.1) is 0 Å². The molecule has 0 N–H and O–H groups in total. The van der Waals surface area contributed by atoms with Crippen molar-refractivity contribution in [3.05, 3.63) is 109 Å². The van der Waals surface area contributed by atoms with Gasteiger partial charge in [0.05, 0.1) is 56.4 Å². The first-order valence-corrected chi connectivity index (χ1v) is 14.6. The van der Waals surface area contributed by atoms with Gasteiger partial charge in [0.2, 0.25) is 0 Å². The lowest BCUT2D eigenvalue weighted by Gasteiger charge is -2.26. The Hall–Kier alpha value is -4.83. The smallest absolute Gasteiger partial charge is 0.338 e. The summed E-state index contributed by atoms with van der Waals surface area (Å²) < 4.78 is 29.7. The number of aromatic nitrogens is 1.